The van der Waals surface area contributed by atoms with Crippen LogP contribution in [-0.2, 0) is 4.79 Å². The third-order valence-electron chi connectivity index (χ3n) is 3.55. The molecule has 2 aromatic rings. The molecule has 3 N–H and O–H groups in total. The number of carboxylic acid groups (broad SMARTS) is 1. The van der Waals surface area contributed by atoms with E-state index in [0.29, 0.717) is 18.0 Å². The van der Waals surface area contributed by atoms with E-state index in [0.717, 1.165) is 16.5 Å². The van der Waals surface area contributed by atoms with Gasteiger partial charge in [0.1, 0.15) is 0 Å². The lowest BCUT2D eigenvalue weighted by Crippen LogP contribution is -2.17. The van der Waals surface area contributed by atoms with Gasteiger partial charge >= 0.3 is 5.97 Å². The first-order chi connectivity index (χ1) is 8.66. The molecule has 1 aromatic carbocycles. The molecule has 3 rings (SSSR count). The molecule has 1 saturated heterocycles. The van der Waals surface area contributed by atoms with Crippen LogP contribution in [0, 0.1) is 5.92 Å². The number of rotatable bonds is 2. The molecule has 0 radical (unpaired) electrons. The Labute approximate surface area is 109 Å². The highest BCUT2D eigenvalue weighted by Crippen LogP contribution is 2.35. The van der Waals surface area contributed by atoms with E-state index in [2.05, 4.69) is 10.3 Å². The van der Waals surface area contributed by atoms with Crippen molar-refractivity contribution in [2.24, 2.45) is 5.92 Å². The molecule has 5 heteroatoms. The smallest absolute Gasteiger partial charge is 0.307 e. The Kier molecular flexibility index (Phi) is 2.76. The molecular formula is C13H13ClN2O2. The zero-order valence-electron chi connectivity index (χ0n) is 9.61. The van der Waals surface area contributed by atoms with Gasteiger partial charge in [-0.2, -0.15) is 0 Å². The average Bonchev–Trinajstić information content (AvgIpc) is 2.97. The van der Waals surface area contributed by atoms with Crippen LogP contribution in [0.2, 0.25) is 5.02 Å². The number of carboxylic acids is 1. The third-order valence-corrected chi connectivity index (χ3v) is 3.98. The van der Waals surface area contributed by atoms with Crippen LogP contribution in [0.3, 0.4) is 0 Å². The first-order valence-electron chi connectivity index (χ1n) is 5.88. The highest BCUT2D eigenvalue weighted by molar-refractivity contribution is 6.36. The Bertz CT molecular complexity index is 608. The summed E-state index contributed by atoms with van der Waals surface area (Å²) >= 11 is 6.38. The summed E-state index contributed by atoms with van der Waals surface area (Å²) in [5.74, 6) is -1.07. The summed E-state index contributed by atoms with van der Waals surface area (Å²) < 4.78 is 0. The molecule has 0 bridgehead atoms. The van der Waals surface area contributed by atoms with Gasteiger partial charge in [0.15, 0.2) is 0 Å². The summed E-state index contributed by atoms with van der Waals surface area (Å²) in [5, 5.41) is 13.9. The van der Waals surface area contributed by atoms with Crippen molar-refractivity contribution in [2.45, 2.75) is 12.5 Å². The second kappa shape index (κ2) is 4.30. The number of halogens is 1. The molecule has 1 aliphatic rings. The Morgan fingerprint density at radius 2 is 2.22 bits per heavy atom. The van der Waals surface area contributed by atoms with E-state index in [1.807, 2.05) is 24.4 Å². The molecular weight excluding hydrogens is 252 g/mol. The van der Waals surface area contributed by atoms with Gasteiger partial charge in [-0.15, -0.1) is 0 Å². The van der Waals surface area contributed by atoms with Crippen LogP contribution in [0.1, 0.15) is 18.0 Å². The number of carbonyl (C=O) groups is 1. The van der Waals surface area contributed by atoms with Crippen molar-refractivity contribution in [3.8, 4) is 0 Å². The van der Waals surface area contributed by atoms with Crippen LogP contribution < -0.4 is 5.32 Å². The fourth-order valence-electron chi connectivity index (χ4n) is 2.54. The molecule has 4 nitrogen and oxygen atoms in total. The summed E-state index contributed by atoms with van der Waals surface area (Å²) in [6.07, 6.45) is 2.44. The van der Waals surface area contributed by atoms with Crippen molar-refractivity contribution < 1.29 is 9.90 Å². The normalized spacial score (nSPS) is 23.6. The van der Waals surface area contributed by atoms with Crippen molar-refractivity contribution in [1.29, 1.82) is 0 Å². The number of hydrogen-bond acceptors (Lipinski definition) is 2. The minimum absolute atomic E-state index is 0.0258. The molecule has 0 amide bonds. The number of fused-ring (bicyclic) bond motifs is 1. The van der Waals surface area contributed by atoms with Crippen molar-refractivity contribution in [2.75, 3.05) is 6.54 Å². The molecule has 0 aliphatic carbocycles. The molecule has 18 heavy (non-hydrogen) atoms. The van der Waals surface area contributed by atoms with Crippen molar-refractivity contribution in [1.82, 2.24) is 10.3 Å². The Morgan fingerprint density at radius 1 is 1.39 bits per heavy atom. The Balaban J connectivity index is 1.95. The van der Waals surface area contributed by atoms with Gasteiger partial charge < -0.3 is 15.4 Å². The molecule has 94 valence electrons. The molecule has 1 aromatic heterocycles. The lowest BCUT2D eigenvalue weighted by Gasteiger charge is -2.13. The quantitative estimate of drug-likeness (QED) is 0.781. The highest BCUT2D eigenvalue weighted by atomic mass is 35.5. The van der Waals surface area contributed by atoms with Crippen LogP contribution in [-0.4, -0.2) is 22.6 Å². The van der Waals surface area contributed by atoms with Crippen molar-refractivity contribution >= 4 is 28.5 Å². The maximum atomic E-state index is 11.0. The van der Waals surface area contributed by atoms with Crippen molar-refractivity contribution in [3.63, 3.8) is 0 Å². The summed E-state index contributed by atoms with van der Waals surface area (Å²) in [6.45, 7) is 0.501. The second-order valence-electron chi connectivity index (χ2n) is 4.64. The predicted octanol–water partition coefficient (Wildman–Crippen LogP) is 2.56. The topological polar surface area (TPSA) is 65.1 Å². The molecule has 0 saturated carbocycles. The van der Waals surface area contributed by atoms with E-state index >= 15 is 0 Å². The third kappa shape index (κ3) is 1.78. The van der Waals surface area contributed by atoms with Crippen LogP contribution in [0.4, 0.5) is 0 Å². The first kappa shape index (κ1) is 11.6. The largest absolute Gasteiger partial charge is 0.481 e. The number of aromatic nitrogens is 1. The van der Waals surface area contributed by atoms with Gasteiger partial charge in [0.2, 0.25) is 0 Å². The monoisotopic (exact) mass is 264 g/mol. The van der Waals surface area contributed by atoms with Gasteiger partial charge in [-0.05, 0) is 24.1 Å². The standard InChI is InChI=1S/C13H13ClN2O2/c14-12-8(1-2-10-9(12)3-4-15-10)11-5-7(6-16-11)13(17)18/h1-4,7,11,15-16H,5-6H2,(H,17,18). The zero-order valence-corrected chi connectivity index (χ0v) is 10.4. The van der Waals surface area contributed by atoms with Gasteiger partial charge in [-0.3, -0.25) is 4.79 Å². The van der Waals surface area contributed by atoms with Crippen LogP contribution >= 0.6 is 11.6 Å². The van der Waals surface area contributed by atoms with E-state index in [1.54, 1.807) is 0 Å². The average molecular weight is 265 g/mol. The fourth-order valence-corrected chi connectivity index (χ4v) is 2.90. The summed E-state index contributed by atoms with van der Waals surface area (Å²) in [7, 11) is 0. The lowest BCUT2D eigenvalue weighted by atomic mass is 9.99. The number of benzene rings is 1. The maximum absolute atomic E-state index is 11.0. The summed E-state index contributed by atoms with van der Waals surface area (Å²) in [4.78, 5) is 14.1. The number of aliphatic carboxylic acids is 1. The molecule has 2 unspecified atom stereocenters. The molecule has 2 atom stereocenters. The predicted molar refractivity (Wildman–Crippen MR) is 69.8 cm³/mol. The minimum atomic E-state index is -0.746. The first-order valence-corrected chi connectivity index (χ1v) is 6.26. The van der Waals surface area contributed by atoms with E-state index in [9.17, 15) is 4.79 Å². The van der Waals surface area contributed by atoms with Gasteiger partial charge in [-0.25, -0.2) is 0 Å². The summed E-state index contributed by atoms with van der Waals surface area (Å²) in [5.41, 5.74) is 1.98. The van der Waals surface area contributed by atoms with Crippen LogP contribution in [0.5, 0.6) is 0 Å². The van der Waals surface area contributed by atoms with E-state index < -0.39 is 5.97 Å². The van der Waals surface area contributed by atoms with Crippen LogP contribution in [0.25, 0.3) is 10.9 Å². The van der Waals surface area contributed by atoms with Gasteiger partial charge in [0, 0.05) is 29.7 Å². The lowest BCUT2D eigenvalue weighted by molar-refractivity contribution is -0.141. The van der Waals surface area contributed by atoms with E-state index in [1.165, 1.54) is 0 Å². The van der Waals surface area contributed by atoms with Crippen molar-refractivity contribution in [3.05, 3.63) is 35.0 Å². The number of aromatic amines is 1. The highest BCUT2D eigenvalue weighted by Gasteiger charge is 2.31. The van der Waals surface area contributed by atoms with Gasteiger partial charge in [0.25, 0.3) is 0 Å². The number of hydrogen-bond donors (Lipinski definition) is 3. The number of H-pyrrole nitrogens is 1. The Hall–Kier alpha value is -1.52. The zero-order chi connectivity index (χ0) is 12.7. The van der Waals surface area contributed by atoms with Gasteiger partial charge in [-0.1, -0.05) is 17.7 Å². The molecule has 1 aliphatic heterocycles. The fraction of sp³-hybridized carbons (Fsp3) is 0.308. The minimum Gasteiger partial charge on any atom is -0.481 e. The molecule has 1 fully saturated rings. The van der Waals surface area contributed by atoms with Gasteiger partial charge in [0.05, 0.1) is 10.9 Å². The summed E-state index contributed by atoms with van der Waals surface area (Å²) in [6, 6.07) is 5.90. The maximum Gasteiger partial charge on any atom is 0.307 e. The SMILES string of the molecule is O=C(O)C1CNC(c2ccc3[nH]ccc3c2Cl)C1. The number of nitrogens with one attached hydrogen (secondary N) is 2. The van der Waals surface area contributed by atoms with E-state index in [-0.39, 0.29) is 12.0 Å². The molecule has 2 heterocycles. The Morgan fingerprint density at radius 3 is 2.94 bits per heavy atom. The molecule has 0 spiro atoms. The second-order valence-corrected chi connectivity index (χ2v) is 5.02. The van der Waals surface area contributed by atoms with E-state index in [4.69, 9.17) is 16.7 Å². The van der Waals surface area contributed by atoms with Crippen LogP contribution in [0.15, 0.2) is 24.4 Å².